The van der Waals surface area contributed by atoms with E-state index in [4.69, 9.17) is 0 Å². The van der Waals surface area contributed by atoms with Crippen molar-refractivity contribution in [1.82, 2.24) is 0 Å². The number of benzene rings is 4. The van der Waals surface area contributed by atoms with Crippen molar-refractivity contribution in [3.8, 4) is 22.3 Å². The second kappa shape index (κ2) is 8.98. The van der Waals surface area contributed by atoms with E-state index in [-0.39, 0.29) is 28.0 Å². The van der Waals surface area contributed by atoms with E-state index in [0.29, 0.717) is 17.8 Å². The minimum absolute atomic E-state index is 0.0983. The molecule has 0 amide bonds. The Kier molecular flexibility index (Phi) is 5.64. The molecule has 0 bridgehead atoms. The molecule has 0 aromatic heterocycles. The molecule has 0 fully saturated rings. The topological polar surface area (TPSA) is 185 Å². The van der Waals surface area contributed by atoms with Gasteiger partial charge >= 0.3 is 0 Å². The molecule has 0 saturated carbocycles. The quantitative estimate of drug-likeness (QED) is 0.192. The van der Waals surface area contributed by atoms with Gasteiger partial charge in [0.05, 0.1) is 54.4 Å². The molecule has 5 rings (SSSR count). The van der Waals surface area contributed by atoms with Gasteiger partial charge in [0.2, 0.25) is 0 Å². The van der Waals surface area contributed by atoms with Crippen LogP contribution in [0, 0.1) is 40.5 Å². The van der Waals surface area contributed by atoms with Crippen LogP contribution < -0.4 is 0 Å². The Labute approximate surface area is 211 Å². The molecule has 1 aliphatic rings. The van der Waals surface area contributed by atoms with Crippen molar-refractivity contribution >= 4 is 34.1 Å². The van der Waals surface area contributed by atoms with Crippen LogP contribution in [0.25, 0.3) is 22.3 Å². The third kappa shape index (κ3) is 3.99. The van der Waals surface area contributed by atoms with E-state index in [1.165, 1.54) is 0 Å². The van der Waals surface area contributed by atoms with Crippen molar-refractivity contribution < 1.29 is 19.7 Å². The summed E-state index contributed by atoms with van der Waals surface area (Å²) in [6.45, 7) is 0. The Morgan fingerprint density at radius 1 is 0.526 bits per heavy atom. The van der Waals surface area contributed by atoms with E-state index in [1.807, 2.05) is 36.4 Å². The summed E-state index contributed by atoms with van der Waals surface area (Å²) in [5.41, 5.74) is -1.69. The maximum absolute atomic E-state index is 11.9. The number of nitrogens with zero attached hydrogens (tertiary/aromatic N) is 5. The highest BCUT2D eigenvalue weighted by molar-refractivity contribution is 6.28. The zero-order chi connectivity index (χ0) is 27.1. The van der Waals surface area contributed by atoms with Crippen molar-refractivity contribution in [3.05, 3.63) is 130 Å². The summed E-state index contributed by atoms with van der Waals surface area (Å²) in [5.74, 6) is 0. The molecule has 13 nitrogen and oxygen atoms in total. The van der Waals surface area contributed by atoms with Crippen molar-refractivity contribution in [3.63, 3.8) is 0 Å². The number of rotatable bonds is 6. The lowest BCUT2D eigenvalue weighted by Gasteiger charge is -2.06. The lowest BCUT2D eigenvalue weighted by atomic mass is 10.0. The summed E-state index contributed by atoms with van der Waals surface area (Å²) in [4.78, 5) is 48.1. The Balaban J connectivity index is 1.86. The minimum atomic E-state index is -0.889. The van der Waals surface area contributed by atoms with Gasteiger partial charge in [-0.3, -0.25) is 40.5 Å². The van der Waals surface area contributed by atoms with Gasteiger partial charge in [0, 0.05) is 23.3 Å². The first-order chi connectivity index (χ1) is 18.2. The van der Waals surface area contributed by atoms with Crippen LogP contribution in [0.2, 0.25) is 0 Å². The molecule has 0 atom stereocenters. The van der Waals surface area contributed by atoms with Gasteiger partial charge in [0.25, 0.3) is 22.7 Å². The molecule has 0 unspecified atom stereocenters. The molecule has 4 aromatic rings. The van der Waals surface area contributed by atoms with Crippen LogP contribution in [0.4, 0.5) is 28.4 Å². The number of fused-ring (bicyclic) bond motifs is 3. The normalized spacial score (nSPS) is 11.4. The van der Waals surface area contributed by atoms with E-state index in [9.17, 15) is 40.5 Å². The van der Waals surface area contributed by atoms with Crippen LogP contribution in [0.5, 0.6) is 0 Å². The molecule has 1 aliphatic carbocycles. The molecule has 4 aromatic carbocycles. The fourth-order valence-electron chi connectivity index (χ4n) is 4.40. The maximum Gasteiger partial charge on any atom is 0.285 e. The Bertz CT molecular complexity index is 1650. The van der Waals surface area contributed by atoms with E-state index >= 15 is 0 Å². The largest absolute Gasteiger partial charge is 0.285 e. The zero-order valence-corrected chi connectivity index (χ0v) is 19.0. The van der Waals surface area contributed by atoms with Gasteiger partial charge < -0.3 is 0 Å². The summed E-state index contributed by atoms with van der Waals surface area (Å²) in [5, 5.41) is 47.0. The highest BCUT2D eigenvalue weighted by atomic mass is 16.6. The van der Waals surface area contributed by atoms with Crippen LogP contribution in [-0.4, -0.2) is 25.4 Å². The number of nitro groups is 4. The van der Waals surface area contributed by atoms with Gasteiger partial charge in [-0.25, -0.2) is 4.99 Å². The lowest BCUT2D eigenvalue weighted by molar-refractivity contribution is -0.395. The second-order valence-corrected chi connectivity index (χ2v) is 8.18. The van der Waals surface area contributed by atoms with Crippen LogP contribution in [0.1, 0.15) is 11.1 Å². The van der Waals surface area contributed by atoms with E-state index in [1.54, 1.807) is 18.2 Å². The molecule has 0 spiro atoms. The van der Waals surface area contributed by atoms with Gasteiger partial charge in [-0.05, 0) is 23.3 Å². The third-order valence-corrected chi connectivity index (χ3v) is 5.97. The molecule has 13 heteroatoms. The SMILES string of the molecule is O=[N+]([O-])c1cc2c(c([N+](=O)[O-])c1)-c1c(cc([N+](=O)[O-])cc1[N+](=O)[O-])C2=Nc1cccc(-c2ccccc2)c1. The standard InChI is InChI=1S/C25H13N5O8/c31-27(32)17-10-19-23(21(12-17)29(35)36)24-20(11-18(28(33)34)13-22(24)30(37)38)25(19)26-16-8-4-7-15(9-16)14-5-2-1-3-6-14/h1-13H. The molecule has 0 heterocycles. The van der Waals surface area contributed by atoms with Gasteiger partial charge in [0.15, 0.2) is 0 Å². The van der Waals surface area contributed by atoms with E-state index in [0.717, 1.165) is 23.3 Å². The zero-order valence-electron chi connectivity index (χ0n) is 19.0. The molecule has 38 heavy (non-hydrogen) atoms. The lowest BCUT2D eigenvalue weighted by Crippen LogP contribution is -2.02. The van der Waals surface area contributed by atoms with Crippen molar-refractivity contribution in [2.45, 2.75) is 0 Å². The summed E-state index contributed by atoms with van der Waals surface area (Å²) >= 11 is 0. The van der Waals surface area contributed by atoms with Gasteiger partial charge in [-0.2, -0.15) is 0 Å². The van der Waals surface area contributed by atoms with Crippen molar-refractivity contribution in [2.24, 2.45) is 4.99 Å². The third-order valence-electron chi connectivity index (χ3n) is 5.97. The van der Waals surface area contributed by atoms with Crippen molar-refractivity contribution in [1.29, 1.82) is 0 Å². The van der Waals surface area contributed by atoms with E-state index < -0.39 is 42.4 Å². The van der Waals surface area contributed by atoms with E-state index in [2.05, 4.69) is 4.99 Å². The predicted molar refractivity (Wildman–Crippen MR) is 136 cm³/mol. The molecule has 0 radical (unpaired) electrons. The molecule has 186 valence electrons. The van der Waals surface area contributed by atoms with Crippen LogP contribution in [0.3, 0.4) is 0 Å². The summed E-state index contributed by atoms with van der Waals surface area (Å²) in [6.07, 6.45) is 0. The first-order valence-electron chi connectivity index (χ1n) is 10.8. The highest BCUT2D eigenvalue weighted by Gasteiger charge is 2.41. The molecular weight excluding hydrogens is 498 g/mol. The molecule has 0 N–H and O–H groups in total. The van der Waals surface area contributed by atoms with Crippen LogP contribution >= 0.6 is 0 Å². The van der Waals surface area contributed by atoms with Gasteiger partial charge in [-0.15, -0.1) is 0 Å². The number of nitro benzene ring substituents is 4. The molecular formula is C25H13N5O8. The number of hydrogen-bond donors (Lipinski definition) is 0. The van der Waals surface area contributed by atoms with Gasteiger partial charge in [-0.1, -0.05) is 42.5 Å². The maximum atomic E-state index is 11.9. The van der Waals surface area contributed by atoms with Crippen LogP contribution in [-0.2, 0) is 0 Å². The van der Waals surface area contributed by atoms with Crippen molar-refractivity contribution in [2.75, 3.05) is 0 Å². The average molecular weight is 511 g/mol. The Hall–Kier alpha value is -5.85. The first kappa shape index (κ1) is 23.9. The highest BCUT2D eigenvalue weighted by Crippen LogP contribution is 2.50. The predicted octanol–water partition coefficient (Wildman–Crippen LogP) is 6.14. The smallest absolute Gasteiger partial charge is 0.258 e. The summed E-state index contributed by atoms with van der Waals surface area (Å²) in [6, 6.07) is 19.5. The average Bonchev–Trinajstić information content (AvgIpc) is 3.21. The fraction of sp³-hybridized carbons (Fsp3) is 0. The molecule has 0 aliphatic heterocycles. The Morgan fingerprint density at radius 2 is 1.03 bits per heavy atom. The number of non-ortho nitro benzene ring substituents is 2. The monoisotopic (exact) mass is 511 g/mol. The fourth-order valence-corrected chi connectivity index (χ4v) is 4.40. The van der Waals surface area contributed by atoms with Gasteiger partial charge in [0.1, 0.15) is 0 Å². The number of aliphatic imine (C=N–C) groups is 1. The molecule has 0 saturated heterocycles. The summed E-state index contributed by atoms with van der Waals surface area (Å²) < 4.78 is 0. The summed E-state index contributed by atoms with van der Waals surface area (Å²) in [7, 11) is 0. The second-order valence-electron chi connectivity index (χ2n) is 8.18. The van der Waals surface area contributed by atoms with Crippen LogP contribution in [0.15, 0.2) is 83.9 Å². The first-order valence-corrected chi connectivity index (χ1v) is 10.8. The minimum Gasteiger partial charge on any atom is -0.258 e. The Morgan fingerprint density at radius 3 is 1.50 bits per heavy atom. The number of hydrogen-bond acceptors (Lipinski definition) is 9.